The number of hydrogen-bond acceptors (Lipinski definition) is 4. The first-order chi connectivity index (χ1) is 14.9. The molecule has 8 nitrogen and oxygen atoms in total. The molecule has 1 saturated heterocycles. The van der Waals surface area contributed by atoms with E-state index in [1.54, 1.807) is 29.2 Å². The van der Waals surface area contributed by atoms with E-state index in [1.807, 2.05) is 24.3 Å². The number of fused-ring (bicyclic) bond motifs is 1. The highest BCUT2D eigenvalue weighted by molar-refractivity contribution is 6.09. The SMILES string of the molecule is O=C(O)CCC1Cc2ccccc2N(C(=O)c2cccc(N3CCC(=O)NC3=O)c2)C1. The van der Waals surface area contributed by atoms with E-state index in [2.05, 4.69) is 5.32 Å². The van der Waals surface area contributed by atoms with Gasteiger partial charge in [0.1, 0.15) is 0 Å². The average Bonchev–Trinajstić information content (AvgIpc) is 2.76. The summed E-state index contributed by atoms with van der Waals surface area (Å²) in [6.45, 7) is 0.693. The predicted octanol–water partition coefficient (Wildman–Crippen LogP) is 2.82. The van der Waals surface area contributed by atoms with Crippen LogP contribution >= 0.6 is 0 Å². The van der Waals surface area contributed by atoms with Crippen LogP contribution in [0.4, 0.5) is 16.2 Å². The Morgan fingerprint density at radius 2 is 1.90 bits per heavy atom. The van der Waals surface area contributed by atoms with E-state index in [-0.39, 0.29) is 37.1 Å². The molecular formula is C23H23N3O5. The molecule has 0 bridgehead atoms. The third-order valence-corrected chi connectivity index (χ3v) is 5.70. The molecular weight excluding hydrogens is 398 g/mol. The van der Waals surface area contributed by atoms with Gasteiger partial charge in [-0.15, -0.1) is 0 Å². The van der Waals surface area contributed by atoms with Crippen LogP contribution in [0.5, 0.6) is 0 Å². The molecule has 4 rings (SSSR count). The number of aliphatic carboxylic acids is 1. The van der Waals surface area contributed by atoms with Crippen molar-refractivity contribution in [1.29, 1.82) is 0 Å². The maximum absolute atomic E-state index is 13.5. The minimum absolute atomic E-state index is 0.0528. The summed E-state index contributed by atoms with van der Waals surface area (Å²) in [4.78, 5) is 51.2. The second-order valence-electron chi connectivity index (χ2n) is 7.85. The Morgan fingerprint density at radius 3 is 2.68 bits per heavy atom. The van der Waals surface area contributed by atoms with Gasteiger partial charge >= 0.3 is 12.0 Å². The molecule has 1 fully saturated rings. The van der Waals surface area contributed by atoms with Crippen LogP contribution in [0.1, 0.15) is 35.2 Å². The van der Waals surface area contributed by atoms with Crippen LogP contribution in [0, 0.1) is 5.92 Å². The summed E-state index contributed by atoms with van der Waals surface area (Å²) < 4.78 is 0. The second-order valence-corrected chi connectivity index (χ2v) is 7.85. The first-order valence-electron chi connectivity index (χ1n) is 10.3. The predicted molar refractivity (Wildman–Crippen MR) is 114 cm³/mol. The fourth-order valence-electron chi connectivity index (χ4n) is 4.17. The van der Waals surface area contributed by atoms with E-state index in [9.17, 15) is 19.2 Å². The second kappa shape index (κ2) is 8.59. The molecule has 0 saturated carbocycles. The molecule has 0 radical (unpaired) electrons. The van der Waals surface area contributed by atoms with Gasteiger partial charge in [-0.3, -0.25) is 24.6 Å². The largest absolute Gasteiger partial charge is 0.481 e. The lowest BCUT2D eigenvalue weighted by Crippen LogP contribution is -2.49. The number of anilines is 2. The Hall–Kier alpha value is -3.68. The van der Waals surface area contributed by atoms with Gasteiger partial charge in [0, 0.05) is 42.9 Å². The molecule has 160 valence electrons. The summed E-state index contributed by atoms with van der Waals surface area (Å²) in [5.74, 6) is -1.31. The van der Waals surface area contributed by atoms with Crippen molar-refractivity contribution in [2.24, 2.45) is 5.92 Å². The van der Waals surface area contributed by atoms with Gasteiger partial charge in [-0.05, 0) is 48.6 Å². The number of carboxylic acids is 1. The van der Waals surface area contributed by atoms with Crippen molar-refractivity contribution in [3.05, 3.63) is 59.7 Å². The number of carbonyl (C=O) groups excluding carboxylic acids is 3. The molecule has 2 aliphatic rings. The van der Waals surface area contributed by atoms with Crippen LogP contribution in [0.3, 0.4) is 0 Å². The lowest BCUT2D eigenvalue weighted by atomic mass is 9.88. The molecule has 2 aliphatic heterocycles. The molecule has 2 heterocycles. The summed E-state index contributed by atoms with van der Waals surface area (Å²) in [7, 11) is 0. The zero-order valence-electron chi connectivity index (χ0n) is 16.9. The molecule has 31 heavy (non-hydrogen) atoms. The van der Waals surface area contributed by atoms with Crippen molar-refractivity contribution < 1.29 is 24.3 Å². The van der Waals surface area contributed by atoms with Crippen molar-refractivity contribution in [1.82, 2.24) is 5.32 Å². The van der Waals surface area contributed by atoms with Crippen LogP contribution in [0.15, 0.2) is 48.5 Å². The van der Waals surface area contributed by atoms with Gasteiger partial charge in [-0.1, -0.05) is 24.3 Å². The Balaban J connectivity index is 1.60. The molecule has 2 N–H and O–H groups in total. The zero-order valence-corrected chi connectivity index (χ0v) is 16.9. The van der Waals surface area contributed by atoms with Crippen molar-refractivity contribution in [2.75, 3.05) is 22.9 Å². The third-order valence-electron chi connectivity index (χ3n) is 5.70. The molecule has 8 heteroatoms. The highest BCUT2D eigenvalue weighted by Crippen LogP contribution is 2.33. The minimum atomic E-state index is -0.845. The maximum atomic E-state index is 13.5. The molecule has 2 aromatic carbocycles. The highest BCUT2D eigenvalue weighted by Gasteiger charge is 2.30. The summed E-state index contributed by atoms with van der Waals surface area (Å²) in [6, 6.07) is 13.9. The molecule has 1 atom stereocenters. The summed E-state index contributed by atoms with van der Waals surface area (Å²) in [5, 5.41) is 11.3. The van der Waals surface area contributed by atoms with Gasteiger partial charge in [-0.25, -0.2) is 4.79 Å². The quantitative estimate of drug-likeness (QED) is 0.772. The summed E-state index contributed by atoms with van der Waals surface area (Å²) in [6.07, 6.45) is 1.49. The topological polar surface area (TPSA) is 107 Å². The van der Waals surface area contributed by atoms with E-state index < -0.39 is 12.0 Å². The molecule has 0 aliphatic carbocycles. The van der Waals surface area contributed by atoms with Gasteiger partial charge in [0.15, 0.2) is 0 Å². The van der Waals surface area contributed by atoms with E-state index in [0.29, 0.717) is 24.2 Å². The van der Waals surface area contributed by atoms with E-state index in [4.69, 9.17) is 5.11 Å². The number of carboxylic acid groups (broad SMARTS) is 1. The van der Waals surface area contributed by atoms with E-state index in [0.717, 1.165) is 17.7 Å². The lowest BCUT2D eigenvalue weighted by molar-refractivity contribution is -0.137. The summed E-state index contributed by atoms with van der Waals surface area (Å²) >= 11 is 0. The maximum Gasteiger partial charge on any atom is 0.328 e. The Bertz CT molecular complexity index is 1050. The molecule has 0 spiro atoms. The minimum Gasteiger partial charge on any atom is -0.481 e. The lowest BCUT2D eigenvalue weighted by Gasteiger charge is -2.35. The third kappa shape index (κ3) is 4.42. The number of hydrogen-bond donors (Lipinski definition) is 2. The molecule has 0 aromatic heterocycles. The number of para-hydroxylation sites is 1. The number of imide groups is 1. The monoisotopic (exact) mass is 421 g/mol. The molecule has 4 amide bonds. The van der Waals surface area contributed by atoms with Gasteiger partial charge in [0.2, 0.25) is 5.91 Å². The number of nitrogens with zero attached hydrogens (tertiary/aromatic N) is 2. The van der Waals surface area contributed by atoms with Crippen LogP contribution in [0.25, 0.3) is 0 Å². The number of carbonyl (C=O) groups is 4. The number of urea groups is 1. The Labute approximate surface area is 179 Å². The number of benzene rings is 2. The summed E-state index contributed by atoms with van der Waals surface area (Å²) in [5.41, 5.74) is 2.81. The number of rotatable bonds is 5. The van der Waals surface area contributed by atoms with Gasteiger partial charge in [-0.2, -0.15) is 0 Å². The van der Waals surface area contributed by atoms with Crippen molar-refractivity contribution >= 4 is 35.2 Å². The number of nitrogens with one attached hydrogen (secondary N) is 1. The van der Waals surface area contributed by atoms with Crippen molar-refractivity contribution in [3.63, 3.8) is 0 Å². The normalized spacial score (nSPS) is 18.4. The van der Waals surface area contributed by atoms with Gasteiger partial charge in [0.25, 0.3) is 5.91 Å². The molecule has 1 unspecified atom stereocenters. The smallest absolute Gasteiger partial charge is 0.328 e. The van der Waals surface area contributed by atoms with E-state index in [1.165, 1.54) is 4.90 Å². The van der Waals surface area contributed by atoms with Crippen LogP contribution in [-0.4, -0.2) is 42.0 Å². The van der Waals surface area contributed by atoms with Crippen LogP contribution < -0.4 is 15.1 Å². The Morgan fingerprint density at radius 1 is 1.10 bits per heavy atom. The zero-order chi connectivity index (χ0) is 22.0. The molecule has 2 aromatic rings. The standard InChI is InChI=1S/C23H23N3O5/c27-20-10-11-25(23(31)24-20)18-6-3-5-17(13-18)22(30)26-14-15(8-9-21(28)29)12-16-4-1-2-7-19(16)26/h1-7,13,15H,8-12,14H2,(H,28,29)(H,24,27,31). The Kier molecular flexibility index (Phi) is 5.70. The van der Waals surface area contributed by atoms with Gasteiger partial charge in [0.05, 0.1) is 0 Å². The first kappa shape index (κ1) is 20.6. The van der Waals surface area contributed by atoms with Gasteiger partial charge < -0.3 is 10.0 Å². The van der Waals surface area contributed by atoms with Crippen LogP contribution in [-0.2, 0) is 16.0 Å². The van der Waals surface area contributed by atoms with Crippen LogP contribution in [0.2, 0.25) is 0 Å². The highest BCUT2D eigenvalue weighted by atomic mass is 16.4. The first-order valence-corrected chi connectivity index (χ1v) is 10.3. The average molecular weight is 421 g/mol. The van der Waals surface area contributed by atoms with Crippen molar-refractivity contribution in [2.45, 2.75) is 25.7 Å². The van der Waals surface area contributed by atoms with E-state index >= 15 is 0 Å². The van der Waals surface area contributed by atoms with Crippen molar-refractivity contribution in [3.8, 4) is 0 Å². The number of amides is 4. The fourth-order valence-corrected chi connectivity index (χ4v) is 4.17. The fraction of sp³-hybridized carbons (Fsp3) is 0.304.